The second-order valence-corrected chi connectivity index (χ2v) is 6.23. The Balaban J connectivity index is 1.76. The van der Waals surface area contributed by atoms with Gasteiger partial charge in [0.15, 0.2) is 0 Å². The van der Waals surface area contributed by atoms with E-state index >= 15 is 0 Å². The molecule has 0 radical (unpaired) electrons. The fraction of sp³-hybridized carbons (Fsp3) is 0.188. The third kappa shape index (κ3) is 2.63. The van der Waals surface area contributed by atoms with Crippen molar-refractivity contribution in [1.82, 2.24) is 0 Å². The van der Waals surface area contributed by atoms with E-state index in [-0.39, 0.29) is 0 Å². The third-order valence-corrected chi connectivity index (χ3v) is 4.93. The van der Waals surface area contributed by atoms with Crippen molar-refractivity contribution in [3.63, 3.8) is 0 Å². The van der Waals surface area contributed by atoms with E-state index in [0.717, 1.165) is 18.0 Å². The zero-order valence-electron chi connectivity index (χ0n) is 10.8. The summed E-state index contributed by atoms with van der Waals surface area (Å²) in [6.45, 7) is 0.818. The molecule has 0 spiro atoms. The number of benzene rings is 2. The molecule has 1 atom stereocenters. The molecular formula is C16H13ClN2S. The van der Waals surface area contributed by atoms with Crippen molar-refractivity contribution in [2.75, 3.05) is 17.6 Å². The van der Waals surface area contributed by atoms with Crippen LogP contribution in [0.25, 0.3) is 0 Å². The SMILES string of the molecule is N#Cc1ccc(Cl)cc1NCC1CSc2ccccc21. The van der Waals surface area contributed by atoms with Crippen LogP contribution in [-0.2, 0) is 0 Å². The Morgan fingerprint density at radius 1 is 1.30 bits per heavy atom. The van der Waals surface area contributed by atoms with Gasteiger partial charge < -0.3 is 5.32 Å². The highest BCUT2D eigenvalue weighted by molar-refractivity contribution is 7.99. The average molecular weight is 301 g/mol. The molecule has 1 unspecified atom stereocenters. The van der Waals surface area contributed by atoms with Gasteiger partial charge in [-0.3, -0.25) is 0 Å². The highest BCUT2D eigenvalue weighted by atomic mass is 35.5. The number of anilines is 1. The van der Waals surface area contributed by atoms with Gasteiger partial charge in [-0.1, -0.05) is 29.8 Å². The molecule has 0 bridgehead atoms. The standard InChI is InChI=1S/C16H13ClN2S/c17-13-6-5-11(8-18)15(7-13)19-9-12-10-20-16-4-2-1-3-14(12)16/h1-7,12,19H,9-10H2. The van der Waals surface area contributed by atoms with Crippen LogP contribution in [0.2, 0.25) is 5.02 Å². The molecule has 0 aliphatic carbocycles. The van der Waals surface area contributed by atoms with E-state index in [1.807, 2.05) is 17.8 Å². The third-order valence-electron chi connectivity index (χ3n) is 3.44. The van der Waals surface area contributed by atoms with Gasteiger partial charge in [0, 0.05) is 28.1 Å². The lowest BCUT2D eigenvalue weighted by Gasteiger charge is -2.14. The number of nitrogens with zero attached hydrogens (tertiary/aromatic N) is 1. The fourth-order valence-corrected chi connectivity index (χ4v) is 3.82. The number of hydrogen-bond donors (Lipinski definition) is 1. The van der Waals surface area contributed by atoms with Crippen molar-refractivity contribution < 1.29 is 0 Å². The first-order valence-corrected chi connectivity index (χ1v) is 7.79. The quantitative estimate of drug-likeness (QED) is 0.905. The molecule has 3 rings (SSSR count). The monoisotopic (exact) mass is 300 g/mol. The zero-order valence-corrected chi connectivity index (χ0v) is 12.3. The summed E-state index contributed by atoms with van der Waals surface area (Å²) in [6.07, 6.45) is 0. The maximum atomic E-state index is 9.12. The lowest BCUT2D eigenvalue weighted by atomic mass is 10.0. The predicted molar refractivity (Wildman–Crippen MR) is 84.6 cm³/mol. The van der Waals surface area contributed by atoms with Gasteiger partial charge >= 0.3 is 0 Å². The van der Waals surface area contributed by atoms with Crippen molar-refractivity contribution >= 4 is 29.1 Å². The summed E-state index contributed by atoms with van der Waals surface area (Å²) < 4.78 is 0. The van der Waals surface area contributed by atoms with E-state index in [9.17, 15) is 0 Å². The van der Waals surface area contributed by atoms with Crippen molar-refractivity contribution in [3.05, 3.63) is 58.6 Å². The summed E-state index contributed by atoms with van der Waals surface area (Å²) in [5.74, 6) is 1.55. The number of halogens is 1. The average Bonchev–Trinajstić information content (AvgIpc) is 2.88. The van der Waals surface area contributed by atoms with E-state index in [0.29, 0.717) is 16.5 Å². The van der Waals surface area contributed by atoms with Crippen LogP contribution >= 0.6 is 23.4 Å². The van der Waals surface area contributed by atoms with E-state index in [1.54, 1.807) is 12.1 Å². The van der Waals surface area contributed by atoms with Crippen LogP contribution in [0.1, 0.15) is 17.0 Å². The fourth-order valence-electron chi connectivity index (χ4n) is 2.39. The number of rotatable bonds is 3. The first-order valence-electron chi connectivity index (χ1n) is 6.43. The molecule has 2 aromatic rings. The second kappa shape index (κ2) is 5.78. The van der Waals surface area contributed by atoms with Crippen LogP contribution in [0.3, 0.4) is 0 Å². The zero-order chi connectivity index (χ0) is 13.9. The molecule has 0 amide bonds. The van der Waals surface area contributed by atoms with Gasteiger partial charge in [-0.2, -0.15) is 5.26 Å². The van der Waals surface area contributed by atoms with Crippen molar-refractivity contribution in [3.8, 4) is 6.07 Å². The number of thioether (sulfide) groups is 1. The van der Waals surface area contributed by atoms with Crippen LogP contribution in [0.4, 0.5) is 5.69 Å². The second-order valence-electron chi connectivity index (χ2n) is 4.73. The molecule has 2 nitrogen and oxygen atoms in total. The molecule has 0 saturated heterocycles. The van der Waals surface area contributed by atoms with Gasteiger partial charge in [0.05, 0.1) is 11.3 Å². The van der Waals surface area contributed by atoms with Crippen molar-refractivity contribution in [2.24, 2.45) is 0 Å². The molecule has 1 N–H and O–H groups in total. The number of nitrogens with one attached hydrogen (secondary N) is 1. The number of hydrogen-bond acceptors (Lipinski definition) is 3. The van der Waals surface area contributed by atoms with Crippen molar-refractivity contribution in [1.29, 1.82) is 5.26 Å². The topological polar surface area (TPSA) is 35.8 Å². The summed E-state index contributed by atoms with van der Waals surface area (Å²) in [5.41, 5.74) is 2.84. The molecule has 1 aliphatic heterocycles. The van der Waals surface area contributed by atoms with E-state index in [4.69, 9.17) is 16.9 Å². The Labute approximate surface area is 127 Å². The largest absolute Gasteiger partial charge is 0.383 e. The molecule has 0 saturated carbocycles. The molecule has 1 aliphatic rings. The predicted octanol–water partition coefficient (Wildman–Crippen LogP) is 4.51. The summed E-state index contributed by atoms with van der Waals surface area (Å²) in [6, 6.07) is 16.0. The maximum Gasteiger partial charge on any atom is 0.101 e. The lowest BCUT2D eigenvalue weighted by molar-refractivity contribution is 0.818. The smallest absolute Gasteiger partial charge is 0.101 e. The summed E-state index contributed by atoms with van der Waals surface area (Å²) in [7, 11) is 0. The minimum absolute atomic E-state index is 0.474. The first-order chi connectivity index (χ1) is 9.78. The Bertz CT molecular complexity index is 678. The van der Waals surface area contributed by atoms with Gasteiger partial charge in [0.2, 0.25) is 0 Å². The normalized spacial score (nSPS) is 16.5. The minimum atomic E-state index is 0.474. The summed E-state index contributed by atoms with van der Waals surface area (Å²) in [4.78, 5) is 1.37. The van der Waals surface area contributed by atoms with E-state index < -0.39 is 0 Å². The van der Waals surface area contributed by atoms with Crippen LogP contribution < -0.4 is 5.32 Å². The van der Waals surface area contributed by atoms with Gasteiger partial charge in [-0.05, 0) is 29.8 Å². The maximum absolute atomic E-state index is 9.12. The van der Waals surface area contributed by atoms with E-state index in [1.165, 1.54) is 10.5 Å². The molecule has 0 fully saturated rings. The molecule has 2 aromatic carbocycles. The first kappa shape index (κ1) is 13.4. The Kier molecular flexibility index (Phi) is 3.86. The van der Waals surface area contributed by atoms with Crippen LogP contribution in [0.5, 0.6) is 0 Å². The van der Waals surface area contributed by atoms with Gasteiger partial charge in [-0.25, -0.2) is 0 Å². The van der Waals surface area contributed by atoms with Gasteiger partial charge in [-0.15, -0.1) is 11.8 Å². The van der Waals surface area contributed by atoms with Crippen LogP contribution in [0.15, 0.2) is 47.4 Å². The Morgan fingerprint density at radius 2 is 2.15 bits per heavy atom. The van der Waals surface area contributed by atoms with E-state index in [2.05, 4.69) is 35.7 Å². The lowest BCUT2D eigenvalue weighted by Crippen LogP contribution is -2.13. The number of nitriles is 1. The molecule has 4 heteroatoms. The Morgan fingerprint density at radius 3 is 3.00 bits per heavy atom. The molecule has 0 aromatic heterocycles. The van der Waals surface area contributed by atoms with Crippen LogP contribution in [0, 0.1) is 11.3 Å². The minimum Gasteiger partial charge on any atom is -0.383 e. The van der Waals surface area contributed by atoms with Gasteiger partial charge in [0.1, 0.15) is 6.07 Å². The molecule has 1 heterocycles. The number of fused-ring (bicyclic) bond motifs is 1. The molecule has 100 valence electrons. The summed E-state index contributed by atoms with van der Waals surface area (Å²) >= 11 is 7.89. The van der Waals surface area contributed by atoms with Gasteiger partial charge in [0.25, 0.3) is 0 Å². The van der Waals surface area contributed by atoms with Crippen LogP contribution in [-0.4, -0.2) is 12.3 Å². The molecule has 20 heavy (non-hydrogen) atoms. The molecular weight excluding hydrogens is 288 g/mol. The Hall–Kier alpha value is -1.63. The highest BCUT2D eigenvalue weighted by Crippen LogP contribution is 2.39. The summed E-state index contributed by atoms with van der Waals surface area (Å²) in [5, 5.41) is 13.1. The highest BCUT2D eigenvalue weighted by Gasteiger charge is 2.22. The van der Waals surface area contributed by atoms with Crippen molar-refractivity contribution in [2.45, 2.75) is 10.8 Å².